The second-order valence-electron chi connectivity index (χ2n) is 5.20. The van der Waals surface area contributed by atoms with Gasteiger partial charge in [-0.15, -0.1) is 0 Å². The number of nitrogens with zero attached hydrogens (tertiary/aromatic N) is 2. The number of hydrogen-bond acceptors (Lipinski definition) is 3. The smallest absolute Gasteiger partial charge is 0.241 e. The molecular formula is C11H23N3O. The third-order valence-corrected chi connectivity index (χ3v) is 2.69. The predicted octanol–water partition coefficient (Wildman–Crippen LogP) is 0.147. The summed E-state index contributed by atoms with van der Waals surface area (Å²) in [7, 11) is 3.99. The molecule has 1 aliphatic rings. The van der Waals surface area contributed by atoms with Crippen LogP contribution in [-0.4, -0.2) is 61.0 Å². The van der Waals surface area contributed by atoms with Crippen LogP contribution < -0.4 is 5.32 Å². The van der Waals surface area contributed by atoms with Crippen molar-refractivity contribution in [1.82, 2.24) is 15.1 Å². The van der Waals surface area contributed by atoms with Crippen LogP contribution in [0.25, 0.3) is 0 Å². The zero-order valence-electron chi connectivity index (χ0n) is 10.5. The molecule has 0 radical (unpaired) electrons. The Hall–Kier alpha value is -0.610. The van der Waals surface area contributed by atoms with Crippen LogP contribution in [0.1, 0.15) is 20.8 Å². The standard InChI is InChI=1S/C11H23N3O/c1-6-14-8-11(2,3)12-9(10(14)15)7-13(4)5/h9,12H,6-8H2,1-5H3. The van der Waals surface area contributed by atoms with Gasteiger partial charge in [-0.05, 0) is 34.9 Å². The number of nitrogens with one attached hydrogen (secondary N) is 1. The molecule has 4 nitrogen and oxygen atoms in total. The van der Waals surface area contributed by atoms with Crippen molar-refractivity contribution >= 4 is 5.91 Å². The van der Waals surface area contributed by atoms with Gasteiger partial charge in [0, 0.05) is 25.2 Å². The molecule has 0 saturated carbocycles. The van der Waals surface area contributed by atoms with E-state index in [0.29, 0.717) is 0 Å². The average molecular weight is 213 g/mol. The van der Waals surface area contributed by atoms with Crippen LogP contribution >= 0.6 is 0 Å². The van der Waals surface area contributed by atoms with Gasteiger partial charge in [0.25, 0.3) is 0 Å². The summed E-state index contributed by atoms with van der Waals surface area (Å²) in [6.07, 6.45) is 0. The molecule has 0 aromatic carbocycles. The van der Waals surface area contributed by atoms with Gasteiger partial charge in [0.1, 0.15) is 6.04 Å². The lowest BCUT2D eigenvalue weighted by atomic mass is 9.98. The number of hydrogen-bond donors (Lipinski definition) is 1. The van der Waals surface area contributed by atoms with Gasteiger partial charge in [-0.2, -0.15) is 0 Å². The van der Waals surface area contributed by atoms with Gasteiger partial charge in [-0.25, -0.2) is 0 Å². The fourth-order valence-electron chi connectivity index (χ4n) is 2.11. The van der Waals surface area contributed by atoms with Crippen molar-refractivity contribution in [3.05, 3.63) is 0 Å². The molecule has 1 aliphatic heterocycles. The number of carbonyl (C=O) groups is 1. The maximum Gasteiger partial charge on any atom is 0.241 e. The van der Waals surface area contributed by atoms with Crippen LogP contribution in [0.3, 0.4) is 0 Å². The number of likely N-dealkylation sites (N-methyl/N-ethyl adjacent to an activating group) is 2. The van der Waals surface area contributed by atoms with Crippen LogP contribution in [0.4, 0.5) is 0 Å². The summed E-state index contributed by atoms with van der Waals surface area (Å²) >= 11 is 0. The molecule has 88 valence electrons. The zero-order valence-corrected chi connectivity index (χ0v) is 10.5. The average Bonchev–Trinajstić information content (AvgIpc) is 2.09. The molecule has 4 heteroatoms. The normalized spacial score (nSPS) is 26.1. The first-order valence-corrected chi connectivity index (χ1v) is 5.57. The lowest BCUT2D eigenvalue weighted by Crippen LogP contribution is -2.66. The highest BCUT2D eigenvalue weighted by Gasteiger charge is 2.37. The second kappa shape index (κ2) is 4.49. The Morgan fingerprint density at radius 1 is 1.53 bits per heavy atom. The van der Waals surface area contributed by atoms with Crippen molar-refractivity contribution in [2.45, 2.75) is 32.4 Å². The third kappa shape index (κ3) is 3.18. The van der Waals surface area contributed by atoms with E-state index >= 15 is 0 Å². The van der Waals surface area contributed by atoms with Gasteiger partial charge in [0.15, 0.2) is 0 Å². The molecule has 0 aromatic rings. The number of piperazine rings is 1. The largest absolute Gasteiger partial charge is 0.340 e. The Kier molecular flexibility index (Phi) is 3.73. The predicted molar refractivity (Wildman–Crippen MR) is 61.8 cm³/mol. The topological polar surface area (TPSA) is 35.6 Å². The molecule has 1 fully saturated rings. The maximum absolute atomic E-state index is 12.0. The van der Waals surface area contributed by atoms with Crippen LogP contribution in [0.15, 0.2) is 0 Å². The van der Waals surface area contributed by atoms with E-state index < -0.39 is 0 Å². The molecule has 1 atom stereocenters. The van der Waals surface area contributed by atoms with Gasteiger partial charge >= 0.3 is 0 Å². The summed E-state index contributed by atoms with van der Waals surface area (Å²) in [5.41, 5.74) is 0.0184. The molecule has 1 saturated heterocycles. The summed E-state index contributed by atoms with van der Waals surface area (Å²) < 4.78 is 0. The highest BCUT2D eigenvalue weighted by Crippen LogP contribution is 2.15. The lowest BCUT2D eigenvalue weighted by molar-refractivity contribution is -0.138. The van der Waals surface area contributed by atoms with Gasteiger partial charge in [-0.1, -0.05) is 0 Å². The van der Waals surface area contributed by atoms with Crippen LogP contribution in [-0.2, 0) is 4.79 Å². The fraction of sp³-hybridized carbons (Fsp3) is 0.909. The van der Waals surface area contributed by atoms with Crippen molar-refractivity contribution in [2.75, 3.05) is 33.7 Å². The molecule has 0 aromatic heterocycles. The Bertz CT molecular complexity index is 238. The minimum atomic E-state index is -0.0660. The van der Waals surface area contributed by atoms with Gasteiger partial charge < -0.3 is 9.80 Å². The van der Waals surface area contributed by atoms with Crippen molar-refractivity contribution in [1.29, 1.82) is 0 Å². The molecule has 1 amide bonds. The number of rotatable bonds is 3. The van der Waals surface area contributed by atoms with Gasteiger partial charge in [0.05, 0.1) is 0 Å². The minimum Gasteiger partial charge on any atom is -0.340 e. The highest BCUT2D eigenvalue weighted by molar-refractivity contribution is 5.83. The summed E-state index contributed by atoms with van der Waals surface area (Å²) in [4.78, 5) is 16.0. The van der Waals surface area contributed by atoms with E-state index in [9.17, 15) is 4.79 Å². The van der Waals surface area contributed by atoms with Crippen molar-refractivity contribution < 1.29 is 4.79 Å². The van der Waals surface area contributed by atoms with E-state index in [0.717, 1.165) is 19.6 Å². The van der Waals surface area contributed by atoms with Crippen molar-refractivity contribution in [3.8, 4) is 0 Å². The summed E-state index contributed by atoms with van der Waals surface area (Å²) in [6, 6.07) is -0.0660. The van der Waals surface area contributed by atoms with E-state index in [2.05, 4.69) is 19.2 Å². The fourth-order valence-corrected chi connectivity index (χ4v) is 2.11. The first-order valence-electron chi connectivity index (χ1n) is 5.57. The first-order chi connectivity index (χ1) is 6.85. The van der Waals surface area contributed by atoms with E-state index in [4.69, 9.17) is 0 Å². The number of amides is 1. The number of carbonyl (C=O) groups excluding carboxylic acids is 1. The Labute approximate surface area is 92.6 Å². The lowest BCUT2D eigenvalue weighted by Gasteiger charge is -2.43. The Morgan fingerprint density at radius 2 is 2.13 bits per heavy atom. The van der Waals surface area contributed by atoms with E-state index in [-0.39, 0.29) is 17.5 Å². The quantitative estimate of drug-likeness (QED) is 0.725. The maximum atomic E-state index is 12.0. The zero-order chi connectivity index (χ0) is 11.6. The van der Waals surface area contributed by atoms with Gasteiger partial charge in [0.2, 0.25) is 5.91 Å². The molecule has 15 heavy (non-hydrogen) atoms. The van der Waals surface area contributed by atoms with Crippen LogP contribution in [0.5, 0.6) is 0 Å². The van der Waals surface area contributed by atoms with Crippen molar-refractivity contribution in [3.63, 3.8) is 0 Å². The van der Waals surface area contributed by atoms with E-state index in [1.165, 1.54) is 0 Å². The molecule has 0 aliphatic carbocycles. The van der Waals surface area contributed by atoms with Crippen molar-refractivity contribution in [2.24, 2.45) is 0 Å². The molecule has 1 N–H and O–H groups in total. The Morgan fingerprint density at radius 3 is 2.60 bits per heavy atom. The summed E-state index contributed by atoms with van der Waals surface area (Å²) in [6.45, 7) is 8.68. The monoisotopic (exact) mass is 213 g/mol. The summed E-state index contributed by atoms with van der Waals surface area (Å²) in [5.74, 6) is 0.227. The minimum absolute atomic E-state index is 0.0184. The van der Waals surface area contributed by atoms with E-state index in [1.54, 1.807) is 0 Å². The SMILES string of the molecule is CCN1CC(C)(C)NC(CN(C)C)C1=O. The molecule has 0 spiro atoms. The summed E-state index contributed by atoms with van der Waals surface area (Å²) in [5, 5.41) is 3.41. The van der Waals surface area contributed by atoms with Crippen LogP contribution in [0.2, 0.25) is 0 Å². The third-order valence-electron chi connectivity index (χ3n) is 2.69. The van der Waals surface area contributed by atoms with Crippen LogP contribution in [0, 0.1) is 0 Å². The molecule has 1 heterocycles. The second-order valence-corrected chi connectivity index (χ2v) is 5.20. The molecular weight excluding hydrogens is 190 g/mol. The molecule has 0 bridgehead atoms. The molecule has 1 rings (SSSR count). The highest BCUT2D eigenvalue weighted by atomic mass is 16.2. The molecule has 1 unspecified atom stereocenters. The van der Waals surface area contributed by atoms with Gasteiger partial charge in [-0.3, -0.25) is 10.1 Å². The van der Waals surface area contributed by atoms with E-state index in [1.807, 2.05) is 30.8 Å². The Balaban J connectivity index is 2.73. The first kappa shape index (κ1) is 12.5.